The number of carbonyl (C=O) groups is 1. The Labute approximate surface area is 155 Å². The Kier molecular flexibility index (Phi) is 6.21. The van der Waals surface area contributed by atoms with Gasteiger partial charge in [0.15, 0.2) is 0 Å². The Morgan fingerprint density at radius 2 is 1.77 bits per heavy atom. The third kappa shape index (κ3) is 4.93. The van der Waals surface area contributed by atoms with Gasteiger partial charge in [0, 0.05) is 6.04 Å². The molecule has 2 aromatic rings. The number of rotatable bonds is 7. The van der Waals surface area contributed by atoms with Gasteiger partial charge in [-0.15, -0.1) is 0 Å². The van der Waals surface area contributed by atoms with E-state index in [2.05, 4.69) is 23.3 Å². The van der Waals surface area contributed by atoms with Gasteiger partial charge in [0.25, 0.3) is 0 Å². The first-order valence-electron chi connectivity index (χ1n) is 8.42. The minimum absolute atomic E-state index is 0.0461. The standard InChI is InChI=1S/C20H25NO4S/c1-15(14-20(2,3)17-10-6-5-7-11-17)21-26(23,24)18-12-8-9-16(13-18)19(22)25-4/h5-13,15,21H,14H2,1-4H3. The molecular formula is C20H25NO4S. The molecule has 0 radical (unpaired) electrons. The Hall–Kier alpha value is -2.18. The molecule has 6 heteroatoms. The molecule has 0 aliphatic carbocycles. The van der Waals surface area contributed by atoms with E-state index in [1.807, 2.05) is 37.3 Å². The van der Waals surface area contributed by atoms with E-state index in [4.69, 9.17) is 0 Å². The molecule has 0 amide bonds. The highest BCUT2D eigenvalue weighted by atomic mass is 32.2. The van der Waals surface area contributed by atoms with Crippen molar-refractivity contribution in [3.63, 3.8) is 0 Å². The van der Waals surface area contributed by atoms with Crippen LogP contribution in [-0.2, 0) is 20.2 Å². The van der Waals surface area contributed by atoms with Crippen molar-refractivity contribution in [2.45, 2.75) is 43.5 Å². The number of esters is 1. The number of ether oxygens (including phenoxy) is 1. The van der Waals surface area contributed by atoms with Crippen LogP contribution in [0.25, 0.3) is 0 Å². The Balaban J connectivity index is 2.15. The zero-order chi connectivity index (χ0) is 19.4. The van der Waals surface area contributed by atoms with Gasteiger partial charge in [0.2, 0.25) is 10.0 Å². The lowest BCUT2D eigenvalue weighted by Gasteiger charge is -2.29. The van der Waals surface area contributed by atoms with E-state index in [-0.39, 0.29) is 21.9 Å². The van der Waals surface area contributed by atoms with Crippen LogP contribution in [0.4, 0.5) is 0 Å². The molecule has 0 aliphatic rings. The molecule has 2 rings (SSSR count). The van der Waals surface area contributed by atoms with Crippen molar-refractivity contribution in [3.8, 4) is 0 Å². The molecule has 2 aromatic carbocycles. The summed E-state index contributed by atoms with van der Waals surface area (Å²) in [5, 5.41) is 0. The molecule has 5 nitrogen and oxygen atoms in total. The van der Waals surface area contributed by atoms with Crippen LogP contribution in [0.5, 0.6) is 0 Å². The number of methoxy groups -OCH3 is 1. The smallest absolute Gasteiger partial charge is 0.337 e. The fraction of sp³-hybridized carbons (Fsp3) is 0.350. The van der Waals surface area contributed by atoms with Gasteiger partial charge < -0.3 is 4.74 Å². The maximum Gasteiger partial charge on any atom is 0.337 e. The number of sulfonamides is 1. The highest BCUT2D eigenvalue weighted by Gasteiger charge is 2.26. The van der Waals surface area contributed by atoms with Crippen molar-refractivity contribution in [2.75, 3.05) is 7.11 Å². The first-order valence-corrected chi connectivity index (χ1v) is 9.90. The third-order valence-corrected chi connectivity index (χ3v) is 5.88. The molecule has 0 fully saturated rings. The first kappa shape index (κ1) is 20.1. The average Bonchev–Trinajstić information content (AvgIpc) is 2.61. The van der Waals surface area contributed by atoms with Gasteiger partial charge in [-0.1, -0.05) is 50.2 Å². The lowest BCUT2D eigenvalue weighted by atomic mass is 9.79. The summed E-state index contributed by atoms with van der Waals surface area (Å²) in [6, 6.07) is 15.5. The topological polar surface area (TPSA) is 72.5 Å². The van der Waals surface area contributed by atoms with E-state index >= 15 is 0 Å². The summed E-state index contributed by atoms with van der Waals surface area (Å²) in [6.45, 7) is 6.02. The largest absolute Gasteiger partial charge is 0.465 e. The Morgan fingerprint density at radius 3 is 2.38 bits per heavy atom. The van der Waals surface area contributed by atoms with Crippen molar-refractivity contribution >= 4 is 16.0 Å². The van der Waals surface area contributed by atoms with E-state index in [0.29, 0.717) is 6.42 Å². The van der Waals surface area contributed by atoms with Gasteiger partial charge in [-0.3, -0.25) is 0 Å². The molecule has 1 atom stereocenters. The summed E-state index contributed by atoms with van der Waals surface area (Å²) >= 11 is 0. The molecule has 0 saturated carbocycles. The van der Waals surface area contributed by atoms with Crippen molar-refractivity contribution in [1.29, 1.82) is 0 Å². The Morgan fingerprint density at radius 1 is 1.12 bits per heavy atom. The summed E-state index contributed by atoms with van der Waals surface area (Å²) in [7, 11) is -2.48. The maximum absolute atomic E-state index is 12.7. The van der Waals surface area contributed by atoms with Crippen molar-refractivity contribution in [3.05, 3.63) is 65.7 Å². The molecule has 0 aliphatic heterocycles. The van der Waals surface area contributed by atoms with E-state index in [0.717, 1.165) is 5.56 Å². The van der Waals surface area contributed by atoms with Crippen LogP contribution < -0.4 is 4.72 Å². The number of nitrogens with one attached hydrogen (secondary N) is 1. The molecule has 0 saturated heterocycles. The molecular weight excluding hydrogens is 350 g/mol. The number of benzene rings is 2. The van der Waals surface area contributed by atoms with Crippen molar-refractivity contribution < 1.29 is 17.9 Å². The van der Waals surface area contributed by atoms with Gasteiger partial charge in [-0.05, 0) is 42.5 Å². The second kappa shape index (κ2) is 8.01. The summed E-state index contributed by atoms with van der Waals surface area (Å²) in [5.41, 5.74) is 1.17. The SMILES string of the molecule is COC(=O)c1cccc(S(=O)(=O)NC(C)CC(C)(C)c2ccccc2)c1. The van der Waals surface area contributed by atoms with Gasteiger partial charge in [0.1, 0.15) is 0 Å². The van der Waals surface area contributed by atoms with Crippen LogP contribution in [0.1, 0.15) is 43.1 Å². The molecule has 1 unspecified atom stereocenters. The van der Waals surface area contributed by atoms with Gasteiger partial charge in [0.05, 0.1) is 17.6 Å². The monoisotopic (exact) mass is 375 g/mol. The van der Waals surface area contributed by atoms with Crippen LogP contribution in [0.15, 0.2) is 59.5 Å². The van der Waals surface area contributed by atoms with Crippen LogP contribution in [0, 0.1) is 0 Å². The molecule has 26 heavy (non-hydrogen) atoms. The van der Waals surface area contributed by atoms with Gasteiger partial charge >= 0.3 is 5.97 Å². The predicted molar refractivity (Wildman–Crippen MR) is 102 cm³/mol. The van der Waals surface area contributed by atoms with E-state index in [1.54, 1.807) is 0 Å². The third-order valence-electron chi connectivity index (χ3n) is 4.29. The molecule has 0 bridgehead atoms. The zero-order valence-electron chi connectivity index (χ0n) is 15.5. The molecule has 0 heterocycles. The van der Waals surface area contributed by atoms with Crippen LogP contribution in [0.3, 0.4) is 0 Å². The normalized spacial score (nSPS) is 13.2. The minimum Gasteiger partial charge on any atom is -0.465 e. The maximum atomic E-state index is 12.7. The fourth-order valence-corrected chi connectivity index (χ4v) is 4.34. The average molecular weight is 375 g/mol. The quantitative estimate of drug-likeness (QED) is 0.752. The second-order valence-electron chi connectivity index (χ2n) is 7.00. The number of hydrogen-bond donors (Lipinski definition) is 1. The van der Waals surface area contributed by atoms with Crippen LogP contribution in [0.2, 0.25) is 0 Å². The van der Waals surface area contributed by atoms with E-state index < -0.39 is 16.0 Å². The van der Waals surface area contributed by atoms with Crippen molar-refractivity contribution in [2.24, 2.45) is 0 Å². The highest BCUT2D eigenvalue weighted by Crippen LogP contribution is 2.28. The first-order chi connectivity index (χ1) is 12.2. The van der Waals surface area contributed by atoms with Gasteiger partial charge in [-0.2, -0.15) is 0 Å². The summed E-state index contributed by atoms with van der Waals surface area (Å²) in [6.07, 6.45) is 0.632. The minimum atomic E-state index is -3.74. The fourth-order valence-electron chi connectivity index (χ4n) is 3.06. The van der Waals surface area contributed by atoms with Crippen LogP contribution >= 0.6 is 0 Å². The van der Waals surface area contributed by atoms with E-state index in [1.165, 1.54) is 31.4 Å². The molecule has 140 valence electrons. The van der Waals surface area contributed by atoms with Crippen LogP contribution in [-0.4, -0.2) is 27.5 Å². The van der Waals surface area contributed by atoms with Crippen molar-refractivity contribution in [1.82, 2.24) is 4.72 Å². The second-order valence-corrected chi connectivity index (χ2v) is 8.71. The molecule has 0 aromatic heterocycles. The molecule has 0 spiro atoms. The predicted octanol–water partition coefficient (Wildman–Crippen LogP) is 3.51. The van der Waals surface area contributed by atoms with Gasteiger partial charge in [-0.25, -0.2) is 17.9 Å². The lowest BCUT2D eigenvalue weighted by molar-refractivity contribution is 0.0600. The summed E-state index contributed by atoms with van der Waals surface area (Å²) in [4.78, 5) is 11.7. The number of hydrogen-bond acceptors (Lipinski definition) is 4. The van der Waals surface area contributed by atoms with E-state index in [9.17, 15) is 13.2 Å². The summed E-state index contributed by atoms with van der Waals surface area (Å²) < 4.78 is 32.7. The summed E-state index contributed by atoms with van der Waals surface area (Å²) in [5.74, 6) is -0.569. The Bertz CT molecular complexity index is 860. The lowest BCUT2D eigenvalue weighted by Crippen LogP contribution is -2.37. The number of carbonyl (C=O) groups excluding carboxylic acids is 1. The highest BCUT2D eigenvalue weighted by molar-refractivity contribution is 7.89. The molecule has 1 N–H and O–H groups in total. The zero-order valence-corrected chi connectivity index (χ0v) is 16.3.